The van der Waals surface area contributed by atoms with E-state index in [0.29, 0.717) is 9.90 Å². The first-order valence-electron chi connectivity index (χ1n) is 5.86. The Morgan fingerprint density at radius 3 is 2.53 bits per heavy atom. The van der Waals surface area contributed by atoms with E-state index in [9.17, 15) is 0 Å². The van der Waals surface area contributed by atoms with Gasteiger partial charge in [0, 0.05) is 11.3 Å². The van der Waals surface area contributed by atoms with E-state index in [1.54, 1.807) is 0 Å². The molecule has 1 fully saturated rings. The Hall–Kier alpha value is -0.480. The van der Waals surface area contributed by atoms with Crippen molar-refractivity contribution in [2.45, 2.75) is 37.9 Å². The van der Waals surface area contributed by atoms with Gasteiger partial charge in [-0.15, -0.1) is 10.2 Å². The van der Waals surface area contributed by atoms with Crippen LogP contribution in [0.3, 0.4) is 0 Å². The van der Waals surface area contributed by atoms with E-state index < -0.39 is 0 Å². The molecule has 5 heteroatoms. The zero-order chi connectivity index (χ0) is 12.5. The Balaban J connectivity index is 2.07. The molecule has 1 aromatic rings. The van der Waals surface area contributed by atoms with E-state index in [1.165, 1.54) is 19.3 Å². The van der Waals surface area contributed by atoms with E-state index in [0.717, 1.165) is 23.5 Å². The standard InChI is InChI=1S/C12H18ClN3S/c1-8-9(2)11(16-15-10(8)13)14-7-12(17-3)5-4-6-12/h4-7H2,1-3H3,(H,14,16). The van der Waals surface area contributed by atoms with Crippen molar-refractivity contribution >= 4 is 29.2 Å². The first kappa shape index (κ1) is 13.0. The SMILES string of the molecule is CSC1(CNc2nnc(Cl)c(C)c2C)CCC1. The van der Waals surface area contributed by atoms with Crippen LogP contribution in [0.5, 0.6) is 0 Å². The van der Waals surface area contributed by atoms with Crippen LogP contribution in [0.15, 0.2) is 0 Å². The molecule has 0 unspecified atom stereocenters. The molecule has 0 radical (unpaired) electrons. The maximum atomic E-state index is 5.94. The maximum absolute atomic E-state index is 5.94. The third-order valence-electron chi connectivity index (χ3n) is 3.74. The number of hydrogen-bond acceptors (Lipinski definition) is 4. The number of anilines is 1. The second kappa shape index (κ2) is 5.02. The lowest BCUT2D eigenvalue weighted by Crippen LogP contribution is -2.40. The molecule has 1 N–H and O–H groups in total. The van der Waals surface area contributed by atoms with E-state index >= 15 is 0 Å². The Bertz CT molecular complexity index is 413. The van der Waals surface area contributed by atoms with Gasteiger partial charge in [0.15, 0.2) is 11.0 Å². The summed E-state index contributed by atoms with van der Waals surface area (Å²) in [6.45, 7) is 4.97. The molecule has 17 heavy (non-hydrogen) atoms. The van der Waals surface area contributed by atoms with Crippen molar-refractivity contribution in [2.75, 3.05) is 18.1 Å². The monoisotopic (exact) mass is 271 g/mol. The van der Waals surface area contributed by atoms with Crippen molar-refractivity contribution in [3.8, 4) is 0 Å². The molecule has 1 heterocycles. The van der Waals surface area contributed by atoms with Crippen LogP contribution in [0, 0.1) is 13.8 Å². The number of nitrogens with one attached hydrogen (secondary N) is 1. The summed E-state index contributed by atoms with van der Waals surface area (Å²) in [5.74, 6) is 0.868. The molecular weight excluding hydrogens is 254 g/mol. The van der Waals surface area contributed by atoms with Gasteiger partial charge in [0.1, 0.15) is 0 Å². The second-order valence-electron chi connectivity index (χ2n) is 4.68. The van der Waals surface area contributed by atoms with E-state index in [4.69, 9.17) is 11.6 Å². The molecule has 0 atom stereocenters. The average Bonchev–Trinajstić information content (AvgIpc) is 2.28. The van der Waals surface area contributed by atoms with Crippen LogP contribution in [-0.4, -0.2) is 27.7 Å². The van der Waals surface area contributed by atoms with E-state index in [-0.39, 0.29) is 0 Å². The van der Waals surface area contributed by atoms with Crippen molar-refractivity contribution in [3.05, 3.63) is 16.3 Å². The lowest BCUT2D eigenvalue weighted by molar-refractivity contribution is 0.379. The number of rotatable bonds is 4. The van der Waals surface area contributed by atoms with E-state index in [1.807, 2.05) is 25.6 Å². The molecule has 1 aliphatic rings. The summed E-state index contributed by atoms with van der Waals surface area (Å²) in [6.07, 6.45) is 6.11. The van der Waals surface area contributed by atoms with Crippen molar-refractivity contribution in [2.24, 2.45) is 0 Å². The van der Waals surface area contributed by atoms with Gasteiger partial charge in [0.05, 0.1) is 0 Å². The summed E-state index contributed by atoms with van der Waals surface area (Å²) in [5, 5.41) is 12.0. The summed E-state index contributed by atoms with van der Waals surface area (Å²) in [7, 11) is 0. The van der Waals surface area contributed by atoms with Crippen LogP contribution < -0.4 is 5.32 Å². The molecule has 0 amide bonds. The molecule has 0 aromatic carbocycles. The van der Waals surface area contributed by atoms with Crippen LogP contribution in [0.2, 0.25) is 5.15 Å². The van der Waals surface area contributed by atoms with Gasteiger partial charge in [0.25, 0.3) is 0 Å². The molecule has 0 aliphatic heterocycles. The van der Waals surface area contributed by atoms with Gasteiger partial charge in [-0.25, -0.2) is 0 Å². The molecule has 0 bridgehead atoms. The van der Waals surface area contributed by atoms with Gasteiger partial charge < -0.3 is 5.32 Å². The number of aromatic nitrogens is 2. The largest absolute Gasteiger partial charge is 0.367 e. The minimum absolute atomic E-state index is 0.404. The van der Waals surface area contributed by atoms with Gasteiger partial charge >= 0.3 is 0 Å². The van der Waals surface area contributed by atoms with Crippen molar-refractivity contribution in [1.29, 1.82) is 0 Å². The average molecular weight is 272 g/mol. The minimum atomic E-state index is 0.404. The lowest BCUT2D eigenvalue weighted by Gasteiger charge is -2.40. The molecule has 94 valence electrons. The lowest BCUT2D eigenvalue weighted by atomic mass is 9.84. The first-order chi connectivity index (χ1) is 8.08. The Kier molecular flexibility index (Phi) is 3.83. The fraction of sp³-hybridized carbons (Fsp3) is 0.667. The first-order valence-corrected chi connectivity index (χ1v) is 7.47. The summed E-state index contributed by atoms with van der Waals surface area (Å²) < 4.78 is 0.404. The molecule has 2 rings (SSSR count). The Labute approximate surface area is 112 Å². The number of halogens is 1. The number of thioether (sulfide) groups is 1. The molecule has 0 saturated heterocycles. The van der Waals surface area contributed by atoms with Crippen LogP contribution in [0.1, 0.15) is 30.4 Å². The second-order valence-corrected chi connectivity index (χ2v) is 6.32. The molecule has 1 aliphatic carbocycles. The number of nitrogens with zero attached hydrogens (tertiary/aromatic N) is 2. The fourth-order valence-electron chi connectivity index (χ4n) is 2.01. The Morgan fingerprint density at radius 2 is 2.00 bits per heavy atom. The summed E-state index contributed by atoms with van der Waals surface area (Å²) in [6, 6.07) is 0. The Morgan fingerprint density at radius 1 is 1.29 bits per heavy atom. The fourth-order valence-corrected chi connectivity index (χ4v) is 3.11. The third-order valence-corrected chi connectivity index (χ3v) is 5.52. The highest BCUT2D eigenvalue weighted by Crippen LogP contribution is 2.42. The smallest absolute Gasteiger partial charge is 0.155 e. The summed E-state index contributed by atoms with van der Waals surface area (Å²) in [4.78, 5) is 0. The summed E-state index contributed by atoms with van der Waals surface area (Å²) in [5.41, 5.74) is 2.11. The molecule has 1 aromatic heterocycles. The van der Waals surface area contributed by atoms with Crippen molar-refractivity contribution in [1.82, 2.24) is 10.2 Å². The summed E-state index contributed by atoms with van der Waals surface area (Å²) >= 11 is 7.89. The van der Waals surface area contributed by atoms with Gasteiger partial charge in [-0.2, -0.15) is 11.8 Å². The van der Waals surface area contributed by atoms with Gasteiger partial charge in [-0.05, 0) is 44.1 Å². The molecule has 0 spiro atoms. The van der Waals surface area contributed by atoms with Crippen LogP contribution in [0.25, 0.3) is 0 Å². The van der Waals surface area contributed by atoms with Crippen LogP contribution in [-0.2, 0) is 0 Å². The third kappa shape index (κ3) is 2.52. The zero-order valence-electron chi connectivity index (χ0n) is 10.5. The maximum Gasteiger partial charge on any atom is 0.155 e. The highest BCUT2D eigenvalue weighted by atomic mass is 35.5. The zero-order valence-corrected chi connectivity index (χ0v) is 12.1. The van der Waals surface area contributed by atoms with Gasteiger partial charge in [-0.3, -0.25) is 0 Å². The van der Waals surface area contributed by atoms with Crippen LogP contribution in [0.4, 0.5) is 5.82 Å². The van der Waals surface area contributed by atoms with Gasteiger partial charge in [-0.1, -0.05) is 18.0 Å². The normalized spacial score (nSPS) is 17.6. The molecule has 1 saturated carbocycles. The van der Waals surface area contributed by atoms with Crippen molar-refractivity contribution in [3.63, 3.8) is 0 Å². The molecule has 3 nitrogen and oxygen atoms in total. The van der Waals surface area contributed by atoms with Crippen LogP contribution >= 0.6 is 23.4 Å². The molecular formula is C12H18ClN3S. The van der Waals surface area contributed by atoms with Gasteiger partial charge in [0.2, 0.25) is 0 Å². The topological polar surface area (TPSA) is 37.8 Å². The van der Waals surface area contributed by atoms with E-state index in [2.05, 4.69) is 21.8 Å². The quantitative estimate of drug-likeness (QED) is 0.910. The highest BCUT2D eigenvalue weighted by Gasteiger charge is 2.36. The highest BCUT2D eigenvalue weighted by molar-refractivity contribution is 8.00. The van der Waals surface area contributed by atoms with Crippen molar-refractivity contribution < 1.29 is 0 Å². The number of hydrogen-bond donors (Lipinski definition) is 1. The minimum Gasteiger partial charge on any atom is -0.367 e. The predicted molar refractivity (Wildman–Crippen MR) is 75.1 cm³/mol. The predicted octanol–water partition coefficient (Wildman–Crippen LogP) is 3.44.